The summed E-state index contributed by atoms with van der Waals surface area (Å²) in [5.41, 5.74) is -3.48. The summed E-state index contributed by atoms with van der Waals surface area (Å²) in [5.74, 6) is 0. The van der Waals surface area contributed by atoms with Gasteiger partial charge in [0.25, 0.3) is 10.0 Å². The van der Waals surface area contributed by atoms with Crippen LogP contribution in [0.2, 0.25) is 0 Å². The highest BCUT2D eigenvalue weighted by Gasteiger charge is 2.68. The highest BCUT2D eigenvalue weighted by Crippen LogP contribution is 2.42. The second-order valence-corrected chi connectivity index (χ2v) is 10.5. The lowest BCUT2D eigenvalue weighted by Gasteiger charge is -2.34. The second-order valence-electron chi connectivity index (χ2n) is 6.89. The predicted molar refractivity (Wildman–Crippen MR) is 96.9 cm³/mol. The summed E-state index contributed by atoms with van der Waals surface area (Å²) >= 11 is 0. The van der Waals surface area contributed by atoms with Gasteiger partial charge in [-0.1, -0.05) is 6.07 Å². The molecule has 0 aromatic heterocycles. The van der Waals surface area contributed by atoms with Gasteiger partial charge in [0.05, 0.1) is 9.79 Å². The smallest absolute Gasteiger partial charge is 0.315 e. The van der Waals surface area contributed by atoms with Gasteiger partial charge in [-0.2, -0.15) is 30.6 Å². The maximum atomic E-state index is 12.8. The molecule has 9 nitrogen and oxygen atoms in total. The highest BCUT2D eigenvalue weighted by atomic mass is 32.2. The molecular weight excluding hydrogens is 494 g/mol. The van der Waals surface area contributed by atoms with Gasteiger partial charge in [-0.05, 0) is 38.0 Å². The third kappa shape index (κ3) is 5.26. The Morgan fingerprint density at radius 3 is 1.94 bits per heavy atom. The van der Waals surface area contributed by atoms with Crippen LogP contribution >= 0.6 is 0 Å². The first kappa shape index (κ1) is 26.1. The number of amides is 2. The van der Waals surface area contributed by atoms with Crippen LogP contribution in [0.25, 0.3) is 0 Å². The van der Waals surface area contributed by atoms with Crippen LogP contribution in [0.3, 0.4) is 0 Å². The van der Waals surface area contributed by atoms with Crippen molar-refractivity contribution in [2.24, 2.45) is 0 Å². The number of rotatable bonds is 6. The first-order chi connectivity index (χ1) is 14.4. The number of sulfonamides is 2. The Morgan fingerprint density at radius 1 is 0.938 bits per heavy atom. The van der Waals surface area contributed by atoms with E-state index >= 15 is 0 Å². The molecule has 2 amide bonds. The van der Waals surface area contributed by atoms with Gasteiger partial charge >= 0.3 is 18.4 Å². The molecular formula is C15H18F6N4O5S2. The van der Waals surface area contributed by atoms with Crippen LogP contribution in [-0.2, 0) is 20.0 Å². The van der Waals surface area contributed by atoms with Crippen LogP contribution in [0.15, 0.2) is 34.1 Å². The molecule has 0 saturated carbocycles. The van der Waals surface area contributed by atoms with Crippen molar-refractivity contribution in [1.82, 2.24) is 19.9 Å². The number of nitrogens with zero attached hydrogens (tertiary/aromatic N) is 1. The minimum Gasteiger partial charge on any atom is -0.315 e. The molecule has 1 aliphatic rings. The molecule has 3 N–H and O–H groups in total. The van der Waals surface area contributed by atoms with Crippen molar-refractivity contribution in [3.05, 3.63) is 24.3 Å². The summed E-state index contributed by atoms with van der Waals surface area (Å²) in [6.07, 6.45) is -10.7. The van der Waals surface area contributed by atoms with Gasteiger partial charge in [-0.25, -0.2) is 21.6 Å². The van der Waals surface area contributed by atoms with Crippen molar-refractivity contribution in [2.75, 3.05) is 13.1 Å². The molecule has 0 atom stereocenters. The number of carbonyl (C=O) groups is 1. The lowest BCUT2D eigenvalue weighted by Crippen LogP contribution is -2.67. The Labute approximate surface area is 179 Å². The standard InChI is InChI=1S/C15H18F6N4O5S2/c1-13(14(16,17)18,15(19,20)21)22-12(26)23-24-31(27,28)10-5-4-6-11(9-10)32(29,30)25-7-2-3-8-25/h4-6,9,24H,2-3,7-8H2,1H3,(H2,22,23,26). The third-order valence-corrected chi connectivity index (χ3v) is 7.75. The summed E-state index contributed by atoms with van der Waals surface area (Å²) in [6, 6.07) is 1.70. The quantitative estimate of drug-likeness (QED) is 0.397. The van der Waals surface area contributed by atoms with Crippen molar-refractivity contribution < 1.29 is 48.0 Å². The third-order valence-electron chi connectivity index (χ3n) is 4.61. The van der Waals surface area contributed by atoms with Crippen molar-refractivity contribution in [2.45, 2.75) is 47.4 Å². The number of urea groups is 1. The molecule has 1 aromatic carbocycles. The Kier molecular flexibility index (Phi) is 7.09. The fourth-order valence-corrected chi connectivity index (χ4v) is 5.14. The van der Waals surface area contributed by atoms with E-state index in [4.69, 9.17) is 0 Å². The van der Waals surface area contributed by atoms with Gasteiger partial charge in [0.15, 0.2) is 0 Å². The van der Waals surface area contributed by atoms with Crippen LogP contribution in [0.5, 0.6) is 0 Å². The molecule has 0 unspecified atom stereocenters. The number of carbonyl (C=O) groups excluding carboxylic acids is 1. The molecule has 17 heteroatoms. The molecule has 1 aromatic rings. The first-order valence-corrected chi connectivity index (χ1v) is 11.7. The molecule has 1 saturated heterocycles. The number of hydrogen-bond donors (Lipinski definition) is 3. The molecule has 1 heterocycles. The zero-order chi connectivity index (χ0) is 24.6. The summed E-state index contributed by atoms with van der Waals surface area (Å²) < 4.78 is 128. The van der Waals surface area contributed by atoms with Gasteiger partial charge in [0.1, 0.15) is 0 Å². The largest absolute Gasteiger partial charge is 0.420 e. The second kappa shape index (κ2) is 8.68. The van der Waals surface area contributed by atoms with Crippen molar-refractivity contribution in [1.29, 1.82) is 0 Å². The molecule has 1 aliphatic heterocycles. The van der Waals surface area contributed by atoms with Gasteiger partial charge in [-0.15, -0.1) is 4.83 Å². The summed E-state index contributed by atoms with van der Waals surface area (Å²) in [4.78, 5) is 11.8. The number of benzene rings is 1. The Bertz CT molecular complexity index is 1050. The average Bonchev–Trinajstić information content (AvgIpc) is 3.20. The molecule has 2 rings (SSSR count). The van der Waals surface area contributed by atoms with E-state index in [1.807, 2.05) is 0 Å². The van der Waals surface area contributed by atoms with Crippen LogP contribution in [0.4, 0.5) is 31.1 Å². The van der Waals surface area contributed by atoms with Crippen molar-refractivity contribution in [3.63, 3.8) is 0 Å². The van der Waals surface area contributed by atoms with Crippen LogP contribution in [0, 0.1) is 0 Å². The lowest BCUT2D eigenvalue weighted by molar-refractivity contribution is -0.297. The van der Waals surface area contributed by atoms with Crippen molar-refractivity contribution >= 4 is 26.1 Å². The molecule has 1 fully saturated rings. The topological polar surface area (TPSA) is 125 Å². The fourth-order valence-electron chi connectivity index (χ4n) is 2.61. The average molecular weight is 512 g/mol. The van der Waals surface area contributed by atoms with Gasteiger partial charge < -0.3 is 5.32 Å². The van der Waals surface area contributed by atoms with E-state index in [1.165, 1.54) is 10.3 Å². The van der Waals surface area contributed by atoms with Crippen LogP contribution in [0.1, 0.15) is 19.8 Å². The van der Waals surface area contributed by atoms with E-state index in [-0.39, 0.29) is 20.0 Å². The monoisotopic (exact) mass is 512 g/mol. The maximum Gasteiger partial charge on any atom is 0.420 e. The number of hydrogen-bond acceptors (Lipinski definition) is 5. The fraction of sp³-hybridized carbons (Fsp3) is 0.533. The van der Waals surface area contributed by atoms with E-state index in [2.05, 4.69) is 0 Å². The Morgan fingerprint density at radius 2 is 1.44 bits per heavy atom. The molecule has 32 heavy (non-hydrogen) atoms. The van der Waals surface area contributed by atoms with E-state index in [1.54, 1.807) is 0 Å². The van der Waals surface area contributed by atoms with Gasteiger partial charge in [-0.3, -0.25) is 5.43 Å². The summed E-state index contributed by atoms with van der Waals surface area (Å²) in [6.45, 7) is 0.126. The maximum absolute atomic E-state index is 12.8. The zero-order valence-electron chi connectivity index (χ0n) is 16.2. The molecule has 0 aliphatic carbocycles. The zero-order valence-corrected chi connectivity index (χ0v) is 17.8. The van der Waals surface area contributed by atoms with Crippen molar-refractivity contribution in [3.8, 4) is 0 Å². The minimum atomic E-state index is -5.94. The molecule has 182 valence electrons. The van der Waals surface area contributed by atoms with E-state index in [0.717, 1.165) is 28.6 Å². The number of halogens is 6. The number of nitrogens with one attached hydrogen (secondary N) is 3. The Balaban J connectivity index is 2.18. The van der Waals surface area contributed by atoms with Gasteiger partial charge in [0, 0.05) is 13.1 Å². The molecule has 0 radical (unpaired) electrons. The van der Waals surface area contributed by atoms with E-state index in [9.17, 15) is 48.0 Å². The molecule has 0 spiro atoms. The minimum absolute atomic E-state index is 0.233. The lowest BCUT2D eigenvalue weighted by atomic mass is 10.0. The van der Waals surface area contributed by atoms with Crippen LogP contribution in [-0.4, -0.2) is 58.2 Å². The number of hydrazine groups is 1. The van der Waals surface area contributed by atoms with E-state index in [0.29, 0.717) is 18.2 Å². The van der Waals surface area contributed by atoms with E-state index < -0.39 is 53.8 Å². The molecule has 0 bridgehead atoms. The SMILES string of the molecule is CC(NC(=O)NNS(=O)(=O)c1cccc(S(=O)(=O)N2CCCC2)c1)(C(F)(F)F)C(F)(F)F. The highest BCUT2D eigenvalue weighted by molar-refractivity contribution is 7.90. The number of alkyl halides is 6. The normalized spacial score (nSPS) is 16.7. The predicted octanol–water partition coefficient (Wildman–Crippen LogP) is 1.85. The van der Waals surface area contributed by atoms with Gasteiger partial charge in [0.2, 0.25) is 15.6 Å². The van der Waals surface area contributed by atoms with Crippen LogP contribution < -0.4 is 15.6 Å². The Hall–Kier alpha value is -2.11. The summed E-state index contributed by atoms with van der Waals surface area (Å²) in [5, 5.41) is 0.641. The first-order valence-electron chi connectivity index (χ1n) is 8.75. The summed E-state index contributed by atoms with van der Waals surface area (Å²) in [7, 11) is -8.77.